The maximum Gasteiger partial charge on any atom is 0.337 e. The molecule has 0 amide bonds. The Morgan fingerprint density at radius 1 is 1.12 bits per heavy atom. The number of carbonyl (C=O) groups excluding carboxylic acids is 1. The normalized spacial score (nSPS) is 20.1. The topological polar surface area (TPSA) is 42.0 Å². The molecule has 1 aliphatic heterocycles. The van der Waals surface area contributed by atoms with E-state index in [9.17, 15) is 4.79 Å². The Morgan fingerprint density at radius 2 is 1.76 bits per heavy atom. The van der Waals surface area contributed by atoms with Crippen LogP contribution in [0.15, 0.2) is 54.6 Å². The molecule has 1 aliphatic rings. The zero-order chi connectivity index (χ0) is 24.2. The molecule has 0 saturated carbocycles. The van der Waals surface area contributed by atoms with Crippen molar-refractivity contribution in [1.82, 2.24) is 4.90 Å². The van der Waals surface area contributed by atoms with E-state index >= 15 is 0 Å². The van der Waals surface area contributed by atoms with Crippen LogP contribution in [0.2, 0.25) is 13.1 Å². The predicted octanol–water partition coefficient (Wildman–Crippen LogP) is 5.34. The fourth-order valence-electron chi connectivity index (χ4n) is 4.82. The summed E-state index contributed by atoms with van der Waals surface area (Å²) in [5.74, 6) is 0.209. The van der Waals surface area contributed by atoms with E-state index in [0.29, 0.717) is 11.5 Å². The summed E-state index contributed by atoms with van der Waals surface area (Å²) in [6.45, 7) is 13.5. The lowest BCUT2D eigenvalue weighted by Gasteiger charge is -2.39. The number of hydrogen-bond acceptors (Lipinski definition) is 5. The molecule has 1 fully saturated rings. The number of hydrogen-bond donors (Lipinski definition) is 0. The van der Waals surface area contributed by atoms with Gasteiger partial charge in [0.1, 0.15) is 6.23 Å². The molecule has 0 spiro atoms. The number of likely N-dealkylation sites (N-methyl/N-ethyl adjacent to an activating group) is 1. The van der Waals surface area contributed by atoms with E-state index in [1.165, 1.54) is 12.7 Å². The van der Waals surface area contributed by atoms with Crippen LogP contribution in [0.1, 0.15) is 49.2 Å². The summed E-state index contributed by atoms with van der Waals surface area (Å²) < 4.78 is 11.5. The number of nitrogens with zero attached hydrogens (tertiary/aromatic N) is 2. The monoisotopic (exact) mass is 468 g/mol. The smallest absolute Gasteiger partial charge is 0.337 e. The van der Waals surface area contributed by atoms with Gasteiger partial charge in [-0.15, -0.1) is 0 Å². The molecule has 0 N–H and O–H groups in total. The quantitative estimate of drug-likeness (QED) is 0.386. The number of anilines is 1. The maximum atomic E-state index is 11.9. The van der Waals surface area contributed by atoms with E-state index in [0.717, 1.165) is 25.2 Å². The Labute approximate surface area is 201 Å². The van der Waals surface area contributed by atoms with Gasteiger partial charge in [-0.3, -0.25) is 4.90 Å². The summed E-state index contributed by atoms with van der Waals surface area (Å²) in [6.07, 6.45) is 1.33. The highest BCUT2D eigenvalue weighted by Gasteiger charge is 2.42. The average Bonchev–Trinajstić information content (AvgIpc) is 3.19. The van der Waals surface area contributed by atoms with Crippen LogP contribution in [0.5, 0.6) is 0 Å². The first-order valence-electron chi connectivity index (χ1n) is 12.0. The highest BCUT2D eigenvalue weighted by Crippen LogP contribution is 2.40. The molecule has 3 atom stereocenters. The molecule has 5 nitrogen and oxygen atoms in total. The van der Waals surface area contributed by atoms with E-state index in [2.05, 4.69) is 81.0 Å². The van der Waals surface area contributed by atoms with Crippen molar-refractivity contribution in [2.75, 3.05) is 32.1 Å². The van der Waals surface area contributed by atoms with Gasteiger partial charge < -0.3 is 14.1 Å². The third kappa shape index (κ3) is 6.25. The zero-order valence-electron chi connectivity index (χ0n) is 21.2. The van der Waals surface area contributed by atoms with Crippen molar-refractivity contribution in [3.8, 4) is 0 Å². The van der Waals surface area contributed by atoms with Crippen LogP contribution in [-0.4, -0.2) is 53.4 Å². The van der Waals surface area contributed by atoms with Crippen molar-refractivity contribution in [2.45, 2.75) is 52.6 Å². The fraction of sp³-hybridized carbons (Fsp3) is 0.519. The molecule has 0 aliphatic carbocycles. The van der Waals surface area contributed by atoms with Crippen molar-refractivity contribution in [1.29, 1.82) is 0 Å². The van der Waals surface area contributed by atoms with Gasteiger partial charge in [-0.2, -0.15) is 0 Å². The van der Waals surface area contributed by atoms with Crippen LogP contribution >= 0.6 is 0 Å². The molecule has 0 bridgehead atoms. The number of esters is 1. The Morgan fingerprint density at radius 3 is 2.30 bits per heavy atom. The second-order valence-corrected chi connectivity index (χ2v) is 12.8. The maximum absolute atomic E-state index is 11.9. The number of rotatable bonds is 8. The molecular weight excluding hydrogens is 428 g/mol. The van der Waals surface area contributed by atoms with Gasteiger partial charge in [0.05, 0.1) is 18.7 Å². The zero-order valence-corrected chi connectivity index (χ0v) is 22.4. The lowest BCUT2D eigenvalue weighted by molar-refractivity contribution is -0.00814. The minimum absolute atomic E-state index is 0.161. The predicted molar refractivity (Wildman–Crippen MR) is 138 cm³/mol. The van der Waals surface area contributed by atoms with Gasteiger partial charge in [0.25, 0.3) is 0 Å². The van der Waals surface area contributed by atoms with Gasteiger partial charge in [0, 0.05) is 31.7 Å². The van der Waals surface area contributed by atoms with Crippen LogP contribution in [-0.2, 0) is 9.16 Å². The van der Waals surface area contributed by atoms with E-state index in [1.807, 2.05) is 24.3 Å². The minimum Gasteiger partial charge on any atom is -0.465 e. The van der Waals surface area contributed by atoms with Gasteiger partial charge in [-0.1, -0.05) is 51.1 Å². The van der Waals surface area contributed by atoms with E-state index in [4.69, 9.17) is 9.16 Å². The third-order valence-electron chi connectivity index (χ3n) is 6.71. The number of ether oxygens (including phenoxy) is 1. The highest BCUT2D eigenvalue weighted by atomic mass is 28.3. The molecule has 0 aromatic heterocycles. The number of benzene rings is 2. The van der Waals surface area contributed by atoms with E-state index in [-0.39, 0.29) is 23.7 Å². The second-order valence-electron chi connectivity index (χ2n) is 10.4. The molecule has 1 heterocycles. The molecule has 1 saturated heterocycles. The van der Waals surface area contributed by atoms with Crippen LogP contribution < -0.4 is 4.90 Å². The molecule has 3 rings (SSSR count). The lowest BCUT2D eigenvalue weighted by atomic mass is 9.79. The Bertz CT molecular complexity index is 896. The van der Waals surface area contributed by atoms with Crippen LogP contribution in [0.4, 0.5) is 5.69 Å². The molecule has 33 heavy (non-hydrogen) atoms. The summed E-state index contributed by atoms with van der Waals surface area (Å²) in [5, 5.41) is 0. The van der Waals surface area contributed by atoms with Gasteiger partial charge >= 0.3 is 5.97 Å². The first kappa shape index (κ1) is 25.5. The second kappa shape index (κ2) is 10.8. The fourth-order valence-corrected chi connectivity index (χ4v) is 5.74. The summed E-state index contributed by atoms with van der Waals surface area (Å²) in [4.78, 5) is 16.7. The molecule has 1 unspecified atom stereocenters. The van der Waals surface area contributed by atoms with Crippen LogP contribution in [0.25, 0.3) is 0 Å². The Balaban J connectivity index is 1.89. The van der Waals surface area contributed by atoms with Gasteiger partial charge in [-0.25, -0.2) is 4.79 Å². The van der Waals surface area contributed by atoms with E-state index < -0.39 is 9.04 Å². The molecule has 6 heteroatoms. The molecule has 2 aromatic carbocycles. The number of methoxy groups -OCH3 is 1. The first-order chi connectivity index (χ1) is 15.6. The van der Waals surface area contributed by atoms with Crippen molar-refractivity contribution in [2.24, 2.45) is 11.3 Å². The highest BCUT2D eigenvalue weighted by molar-refractivity contribution is 6.48. The molecular formula is C27H40N2O3Si. The Hall–Kier alpha value is -2.15. The van der Waals surface area contributed by atoms with Crippen LogP contribution in [0, 0.1) is 11.3 Å². The first-order valence-corrected chi connectivity index (χ1v) is 14.8. The van der Waals surface area contributed by atoms with Gasteiger partial charge in [0.15, 0.2) is 9.04 Å². The summed E-state index contributed by atoms with van der Waals surface area (Å²) in [5.41, 5.74) is 3.12. The van der Waals surface area contributed by atoms with Gasteiger partial charge in [-0.05, 0) is 54.8 Å². The summed E-state index contributed by atoms with van der Waals surface area (Å²) in [7, 11) is 2.35. The Kier molecular flexibility index (Phi) is 8.37. The minimum atomic E-state index is -1.19. The van der Waals surface area contributed by atoms with Crippen molar-refractivity contribution in [3.63, 3.8) is 0 Å². The largest absolute Gasteiger partial charge is 0.465 e. The number of likely N-dealkylation sites (tertiary alicyclic amines) is 1. The van der Waals surface area contributed by atoms with Crippen molar-refractivity contribution < 1.29 is 14.0 Å². The van der Waals surface area contributed by atoms with Crippen molar-refractivity contribution in [3.05, 3.63) is 65.7 Å². The standard InChI is InChI=1S/C27H40N2O3Si/c1-27(2,3)23-17-18-29(25(23)32-33(6)7)19-24(20-11-9-8-10-12-20)28(4)22-15-13-21(14-16-22)26(30)31-5/h8-16,23-25,33H,17-19H2,1-7H3/t23-,24-,25?/m1/s1. The number of carbonyl (C=O) groups is 1. The molecule has 2 aromatic rings. The summed E-state index contributed by atoms with van der Waals surface area (Å²) >= 11 is 0. The van der Waals surface area contributed by atoms with Crippen LogP contribution in [0.3, 0.4) is 0 Å². The molecule has 0 radical (unpaired) electrons. The average molecular weight is 469 g/mol. The van der Waals surface area contributed by atoms with Crippen molar-refractivity contribution >= 4 is 20.7 Å². The van der Waals surface area contributed by atoms with E-state index in [1.54, 1.807) is 0 Å². The van der Waals surface area contributed by atoms with Gasteiger partial charge in [0.2, 0.25) is 0 Å². The molecule has 180 valence electrons. The SMILES string of the molecule is COC(=O)c1ccc(N(C)[C@H](CN2CC[C@@H](C(C)(C)C)C2O[SiH](C)C)c2ccccc2)cc1. The third-order valence-corrected chi connectivity index (χ3v) is 7.53. The summed E-state index contributed by atoms with van der Waals surface area (Å²) in [6, 6.07) is 18.5. The lowest BCUT2D eigenvalue weighted by Crippen LogP contribution is -2.45.